The Morgan fingerprint density at radius 1 is 1.00 bits per heavy atom. The van der Waals surface area contributed by atoms with Crippen LogP contribution in [0.1, 0.15) is 27.7 Å². The van der Waals surface area contributed by atoms with E-state index in [1.54, 1.807) is 36.7 Å². The largest absolute Gasteiger partial charge is 0.340 e. The lowest BCUT2D eigenvalue weighted by molar-refractivity contribution is 0.0937. The molecule has 1 aromatic carbocycles. The molecule has 3 aromatic rings. The van der Waals surface area contributed by atoms with Crippen LogP contribution in [-0.2, 0) is 0 Å². The lowest BCUT2D eigenvalue weighted by Gasteiger charge is -2.19. The molecule has 3 rings (SSSR count). The van der Waals surface area contributed by atoms with Crippen LogP contribution in [0, 0.1) is 5.82 Å². The van der Waals surface area contributed by atoms with Gasteiger partial charge in [0.2, 0.25) is 0 Å². The summed E-state index contributed by atoms with van der Waals surface area (Å²) in [6, 6.07) is 9.44. The number of aromatic nitrogens is 3. The van der Waals surface area contributed by atoms with Crippen molar-refractivity contribution in [1.29, 1.82) is 0 Å². The Morgan fingerprint density at radius 3 is 2.28 bits per heavy atom. The van der Waals surface area contributed by atoms with Crippen LogP contribution in [0.5, 0.6) is 0 Å². The van der Waals surface area contributed by atoms with Crippen LogP contribution in [0.3, 0.4) is 0 Å². The number of hydrogen-bond donors (Lipinski definition) is 3. The Hall–Kier alpha value is -3.55. The average molecular weight is 340 g/mol. The van der Waals surface area contributed by atoms with Crippen molar-refractivity contribution >= 4 is 5.91 Å². The van der Waals surface area contributed by atoms with E-state index in [0.717, 1.165) is 6.07 Å². The molecule has 25 heavy (non-hydrogen) atoms. The van der Waals surface area contributed by atoms with Gasteiger partial charge in [-0.1, -0.05) is 12.1 Å². The van der Waals surface area contributed by atoms with Crippen LogP contribution in [0.4, 0.5) is 4.39 Å². The third-order valence-electron chi connectivity index (χ3n) is 3.52. The molecule has 8 heteroatoms. The number of amides is 1. The highest BCUT2D eigenvalue weighted by molar-refractivity contribution is 5.92. The SMILES string of the molecule is O=C(N[C@@H](c1ccncc1)c1ccc(F)cc1)c1cc(=O)[nH]c(=O)[nH]1. The van der Waals surface area contributed by atoms with Gasteiger partial charge in [0.05, 0.1) is 6.04 Å². The molecule has 0 fully saturated rings. The van der Waals surface area contributed by atoms with Crippen molar-refractivity contribution in [2.24, 2.45) is 0 Å². The highest BCUT2D eigenvalue weighted by Gasteiger charge is 2.19. The predicted octanol–water partition coefficient (Wildman–Crippen LogP) is 1.12. The molecule has 0 unspecified atom stereocenters. The minimum absolute atomic E-state index is 0.171. The molecule has 0 saturated heterocycles. The summed E-state index contributed by atoms with van der Waals surface area (Å²) in [4.78, 5) is 43.4. The number of rotatable bonds is 4. The van der Waals surface area contributed by atoms with Crippen molar-refractivity contribution in [1.82, 2.24) is 20.3 Å². The second kappa shape index (κ2) is 6.91. The number of nitrogens with one attached hydrogen (secondary N) is 3. The molecule has 0 saturated carbocycles. The zero-order valence-electron chi connectivity index (χ0n) is 12.8. The normalized spacial score (nSPS) is 11.7. The fourth-order valence-electron chi connectivity index (χ4n) is 2.37. The first kappa shape index (κ1) is 16.3. The van der Waals surface area contributed by atoms with Gasteiger partial charge >= 0.3 is 5.69 Å². The van der Waals surface area contributed by atoms with Gasteiger partial charge in [0, 0.05) is 18.5 Å². The summed E-state index contributed by atoms with van der Waals surface area (Å²) >= 11 is 0. The topological polar surface area (TPSA) is 108 Å². The Labute approximate surface area is 140 Å². The van der Waals surface area contributed by atoms with Crippen molar-refractivity contribution in [3.05, 3.63) is 98.3 Å². The second-order valence-corrected chi connectivity index (χ2v) is 5.24. The van der Waals surface area contributed by atoms with E-state index in [1.807, 2.05) is 4.98 Å². The number of nitrogens with zero attached hydrogens (tertiary/aromatic N) is 1. The molecule has 0 radical (unpaired) electrons. The summed E-state index contributed by atoms with van der Waals surface area (Å²) in [5.41, 5.74) is -0.291. The van der Waals surface area contributed by atoms with Crippen molar-refractivity contribution < 1.29 is 9.18 Å². The number of H-pyrrole nitrogens is 2. The maximum absolute atomic E-state index is 13.2. The van der Waals surface area contributed by atoms with Gasteiger partial charge in [-0.25, -0.2) is 9.18 Å². The van der Waals surface area contributed by atoms with Gasteiger partial charge in [0.15, 0.2) is 0 Å². The Balaban J connectivity index is 1.97. The number of pyridine rings is 1. The van der Waals surface area contributed by atoms with Crippen molar-refractivity contribution in [2.75, 3.05) is 0 Å². The van der Waals surface area contributed by atoms with Crippen LogP contribution in [0.25, 0.3) is 0 Å². The summed E-state index contributed by atoms with van der Waals surface area (Å²) in [6.45, 7) is 0. The van der Waals surface area contributed by atoms with Gasteiger partial charge in [-0.15, -0.1) is 0 Å². The number of benzene rings is 1. The van der Waals surface area contributed by atoms with Gasteiger partial charge < -0.3 is 10.3 Å². The van der Waals surface area contributed by atoms with E-state index in [9.17, 15) is 18.8 Å². The number of carbonyl (C=O) groups excluding carboxylic acids is 1. The zero-order chi connectivity index (χ0) is 17.8. The van der Waals surface area contributed by atoms with Crippen LogP contribution < -0.4 is 16.6 Å². The van der Waals surface area contributed by atoms with Crippen molar-refractivity contribution in [3.63, 3.8) is 0 Å². The zero-order valence-corrected chi connectivity index (χ0v) is 12.8. The smallest absolute Gasteiger partial charge is 0.326 e. The van der Waals surface area contributed by atoms with Gasteiger partial charge in [0.25, 0.3) is 11.5 Å². The van der Waals surface area contributed by atoms with E-state index in [4.69, 9.17) is 0 Å². The van der Waals surface area contributed by atoms with Crippen LogP contribution >= 0.6 is 0 Å². The predicted molar refractivity (Wildman–Crippen MR) is 87.6 cm³/mol. The summed E-state index contributed by atoms with van der Waals surface area (Å²) in [6.07, 6.45) is 3.13. The van der Waals surface area contributed by atoms with Crippen LogP contribution in [0.2, 0.25) is 0 Å². The molecule has 2 heterocycles. The molecule has 0 spiro atoms. The van der Waals surface area contributed by atoms with E-state index in [1.165, 1.54) is 12.1 Å². The van der Waals surface area contributed by atoms with E-state index in [-0.39, 0.29) is 5.69 Å². The molecular formula is C17H13FN4O3. The van der Waals surface area contributed by atoms with Gasteiger partial charge in [-0.3, -0.25) is 19.6 Å². The Bertz CT molecular complexity index is 968. The molecular weight excluding hydrogens is 327 g/mol. The quantitative estimate of drug-likeness (QED) is 0.661. The van der Waals surface area contributed by atoms with Crippen LogP contribution in [0.15, 0.2) is 64.4 Å². The highest BCUT2D eigenvalue weighted by Crippen LogP contribution is 2.22. The first-order valence-electron chi connectivity index (χ1n) is 7.33. The van der Waals surface area contributed by atoms with E-state index >= 15 is 0 Å². The van der Waals surface area contributed by atoms with Gasteiger partial charge in [0.1, 0.15) is 11.5 Å². The van der Waals surface area contributed by atoms with Gasteiger partial charge in [-0.2, -0.15) is 0 Å². The highest BCUT2D eigenvalue weighted by atomic mass is 19.1. The molecule has 3 N–H and O–H groups in total. The molecule has 0 aliphatic rings. The fourth-order valence-corrected chi connectivity index (χ4v) is 2.37. The van der Waals surface area contributed by atoms with Crippen molar-refractivity contribution in [2.45, 2.75) is 6.04 Å². The van der Waals surface area contributed by atoms with E-state index < -0.39 is 29.0 Å². The standard InChI is InChI=1S/C17H13FN4O3/c18-12-3-1-10(2-4-12)15(11-5-7-19-8-6-11)22-16(24)13-9-14(23)21-17(25)20-13/h1-9,15H,(H,22,24)(H2,20,21,23,25)/t15-/m1/s1. The Morgan fingerprint density at radius 2 is 1.64 bits per heavy atom. The third-order valence-corrected chi connectivity index (χ3v) is 3.52. The van der Waals surface area contributed by atoms with Crippen LogP contribution in [-0.4, -0.2) is 20.9 Å². The number of halogens is 1. The molecule has 0 aliphatic heterocycles. The molecule has 0 bridgehead atoms. The van der Waals surface area contributed by atoms with Crippen molar-refractivity contribution in [3.8, 4) is 0 Å². The molecule has 0 aliphatic carbocycles. The molecule has 126 valence electrons. The lowest BCUT2D eigenvalue weighted by atomic mass is 9.99. The average Bonchev–Trinajstić information content (AvgIpc) is 2.60. The van der Waals surface area contributed by atoms with Gasteiger partial charge in [-0.05, 0) is 35.4 Å². The first-order valence-corrected chi connectivity index (χ1v) is 7.33. The molecule has 7 nitrogen and oxygen atoms in total. The number of hydrogen-bond acceptors (Lipinski definition) is 4. The minimum Gasteiger partial charge on any atom is -0.340 e. The molecule has 1 atom stereocenters. The number of carbonyl (C=O) groups is 1. The summed E-state index contributed by atoms with van der Waals surface area (Å²) < 4.78 is 13.2. The lowest BCUT2D eigenvalue weighted by Crippen LogP contribution is -2.33. The molecule has 1 amide bonds. The van der Waals surface area contributed by atoms with E-state index in [2.05, 4.69) is 15.3 Å². The summed E-state index contributed by atoms with van der Waals surface area (Å²) in [5.74, 6) is -1.04. The molecule has 2 aromatic heterocycles. The monoisotopic (exact) mass is 340 g/mol. The maximum Gasteiger partial charge on any atom is 0.326 e. The summed E-state index contributed by atoms with van der Waals surface area (Å²) in [7, 11) is 0. The second-order valence-electron chi connectivity index (χ2n) is 5.24. The maximum atomic E-state index is 13.2. The third kappa shape index (κ3) is 3.86. The number of aromatic amines is 2. The Kier molecular flexibility index (Phi) is 4.51. The minimum atomic E-state index is -0.778. The van der Waals surface area contributed by atoms with E-state index in [0.29, 0.717) is 11.1 Å². The fraction of sp³-hybridized carbons (Fsp3) is 0.0588. The first-order chi connectivity index (χ1) is 12.0. The summed E-state index contributed by atoms with van der Waals surface area (Å²) in [5, 5.41) is 2.73.